The first-order chi connectivity index (χ1) is 6.31. The fraction of sp³-hybridized carbons (Fsp3) is 0.900. The van der Waals surface area contributed by atoms with Gasteiger partial charge >= 0.3 is 6.03 Å². The number of nitrogens with zero attached hydrogens (tertiary/aromatic N) is 1. The molecule has 74 valence electrons. The highest BCUT2D eigenvalue weighted by molar-refractivity contribution is 5.76. The number of hydrogen-bond acceptors (Lipinski definition) is 1. The summed E-state index contributed by atoms with van der Waals surface area (Å²) in [5, 5.41) is 3.08. The van der Waals surface area contributed by atoms with Crippen molar-refractivity contribution in [3.8, 4) is 0 Å². The Morgan fingerprint density at radius 2 is 2.15 bits per heavy atom. The van der Waals surface area contributed by atoms with Gasteiger partial charge in [0.2, 0.25) is 0 Å². The molecule has 1 atom stereocenters. The molecule has 1 N–H and O–H groups in total. The van der Waals surface area contributed by atoms with Crippen LogP contribution in [0.1, 0.15) is 32.6 Å². The molecule has 2 fully saturated rings. The van der Waals surface area contributed by atoms with Crippen LogP contribution in [0.15, 0.2) is 0 Å². The van der Waals surface area contributed by atoms with Crippen LogP contribution in [0.2, 0.25) is 0 Å². The van der Waals surface area contributed by atoms with E-state index in [1.54, 1.807) is 0 Å². The molecule has 0 aromatic heterocycles. The second kappa shape index (κ2) is 3.56. The number of hydrogen-bond donors (Lipinski definition) is 1. The second-order valence-electron chi connectivity index (χ2n) is 4.14. The highest BCUT2D eigenvalue weighted by Crippen LogP contribution is 2.29. The molecule has 0 aromatic rings. The van der Waals surface area contributed by atoms with Crippen molar-refractivity contribution in [2.24, 2.45) is 5.92 Å². The summed E-state index contributed by atoms with van der Waals surface area (Å²) in [6.45, 7) is 3.81. The maximum absolute atomic E-state index is 11.4. The topological polar surface area (TPSA) is 32.3 Å². The van der Waals surface area contributed by atoms with Gasteiger partial charge in [0.05, 0.1) is 6.04 Å². The number of carbonyl (C=O) groups is 1. The fourth-order valence-electron chi connectivity index (χ4n) is 2.52. The van der Waals surface area contributed by atoms with Gasteiger partial charge in [-0.25, -0.2) is 4.79 Å². The zero-order chi connectivity index (χ0) is 9.26. The molecule has 2 amide bonds. The minimum Gasteiger partial charge on any atom is -0.333 e. The lowest BCUT2D eigenvalue weighted by Crippen LogP contribution is -2.32. The van der Waals surface area contributed by atoms with E-state index in [9.17, 15) is 4.79 Å². The highest BCUT2D eigenvalue weighted by Gasteiger charge is 2.34. The maximum atomic E-state index is 11.4. The normalized spacial score (nSPS) is 29.8. The minimum atomic E-state index is 0.138. The zero-order valence-corrected chi connectivity index (χ0v) is 8.25. The van der Waals surface area contributed by atoms with Crippen molar-refractivity contribution in [1.29, 1.82) is 0 Å². The van der Waals surface area contributed by atoms with E-state index < -0.39 is 0 Å². The zero-order valence-electron chi connectivity index (χ0n) is 8.25. The molecular weight excluding hydrogens is 164 g/mol. The number of urea groups is 1. The summed E-state index contributed by atoms with van der Waals surface area (Å²) in [6.07, 6.45) is 5.32. The summed E-state index contributed by atoms with van der Waals surface area (Å²) in [5.41, 5.74) is 0. The van der Waals surface area contributed by atoms with E-state index in [-0.39, 0.29) is 6.03 Å². The molecule has 3 nitrogen and oxygen atoms in total. The molecule has 13 heavy (non-hydrogen) atoms. The van der Waals surface area contributed by atoms with Crippen molar-refractivity contribution in [2.75, 3.05) is 13.1 Å². The van der Waals surface area contributed by atoms with Crippen LogP contribution >= 0.6 is 0 Å². The van der Waals surface area contributed by atoms with Crippen LogP contribution in [0.3, 0.4) is 0 Å². The molecule has 2 aliphatic rings. The van der Waals surface area contributed by atoms with E-state index in [0.29, 0.717) is 6.04 Å². The molecule has 2 rings (SSSR count). The Morgan fingerprint density at radius 3 is 2.69 bits per heavy atom. The van der Waals surface area contributed by atoms with Gasteiger partial charge in [0.15, 0.2) is 0 Å². The number of amides is 2. The third-order valence-electron chi connectivity index (χ3n) is 3.36. The molecule has 0 aromatic carbocycles. The molecule has 0 spiro atoms. The lowest BCUT2D eigenvalue weighted by atomic mass is 9.99. The Morgan fingerprint density at radius 1 is 1.46 bits per heavy atom. The summed E-state index contributed by atoms with van der Waals surface area (Å²) < 4.78 is 0. The van der Waals surface area contributed by atoms with E-state index in [1.807, 2.05) is 11.8 Å². The van der Waals surface area contributed by atoms with Crippen molar-refractivity contribution < 1.29 is 4.79 Å². The molecule has 1 saturated carbocycles. The van der Waals surface area contributed by atoms with Crippen LogP contribution in [0.4, 0.5) is 4.79 Å². The number of carbonyl (C=O) groups excluding carboxylic acids is 1. The van der Waals surface area contributed by atoms with Crippen LogP contribution in [-0.2, 0) is 0 Å². The van der Waals surface area contributed by atoms with E-state index in [0.717, 1.165) is 19.0 Å². The van der Waals surface area contributed by atoms with E-state index in [1.165, 1.54) is 25.7 Å². The summed E-state index contributed by atoms with van der Waals surface area (Å²) in [7, 11) is 0. The second-order valence-corrected chi connectivity index (χ2v) is 4.14. The van der Waals surface area contributed by atoms with Crippen molar-refractivity contribution >= 4 is 6.03 Å². The first kappa shape index (κ1) is 8.85. The number of nitrogens with one attached hydrogen (secondary N) is 1. The molecule has 1 heterocycles. The monoisotopic (exact) mass is 182 g/mol. The Kier molecular flexibility index (Phi) is 2.42. The van der Waals surface area contributed by atoms with Gasteiger partial charge in [-0.2, -0.15) is 0 Å². The summed E-state index contributed by atoms with van der Waals surface area (Å²) in [6, 6.07) is 0.578. The third kappa shape index (κ3) is 1.64. The Balaban J connectivity index is 1.92. The van der Waals surface area contributed by atoms with Gasteiger partial charge in [-0.15, -0.1) is 0 Å². The molecule has 1 saturated heterocycles. The van der Waals surface area contributed by atoms with Crippen LogP contribution in [0.5, 0.6) is 0 Å². The maximum Gasteiger partial charge on any atom is 0.317 e. The first-order valence-corrected chi connectivity index (χ1v) is 5.36. The van der Waals surface area contributed by atoms with Gasteiger partial charge in [-0.1, -0.05) is 12.8 Å². The highest BCUT2D eigenvalue weighted by atomic mass is 16.2. The Hall–Kier alpha value is -0.730. The van der Waals surface area contributed by atoms with Gasteiger partial charge in [0.1, 0.15) is 0 Å². The third-order valence-corrected chi connectivity index (χ3v) is 3.36. The molecule has 1 aliphatic heterocycles. The average molecular weight is 182 g/mol. The van der Waals surface area contributed by atoms with Crippen molar-refractivity contribution in [2.45, 2.75) is 38.6 Å². The van der Waals surface area contributed by atoms with Gasteiger partial charge in [-0.3, -0.25) is 0 Å². The first-order valence-electron chi connectivity index (χ1n) is 5.36. The smallest absolute Gasteiger partial charge is 0.317 e. The van der Waals surface area contributed by atoms with Crippen molar-refractivity contribution in [3.05, 3.63) is 0 Å². The minimum absolute atomic E-state index is 0.138. The largest absolute Gasteiger partial charge is 0.333 e. The lowest BCUT2D eigenvalue weighted by molar-refractivity contribution is 0.219. The van der Waals surface area contributed by atoms with Crippen molar-refractivity contribution in [3.63, 3.8) is 0 Å². The van der Waals surface area contributed by atoms with E-state index >= 15 is 0 Å². The molecule has 0 bridgehead atoms. The summed E-state index contributed by atoms with van der Waals surface area (Å²) >= 11 is 0. The van der Waals surface area contributed by atoms with Gasteiger partial charge < -0.3 is 10.2 Å². The molecule has 0 radical (unpaired) electrons. The molecule has 3 heteroatoms. The van der Waals surface area contributed by atoms with Crippen LogP contribution in [0, 0.1) is 5.92 Å². The summed E-state index contributed by atoms with van der Waals surface area (Å²) in [4.78, 5) is 13.3. The standard InChI is InChI=1S/C10H18N2O/c1-2-12-7-9(11-10(12)13)8-5-3-4-6-8/h8-9H,2-7H2,1H3,(H,11,13). The van der Waals surface area contributed by atoms with Crippen LogP contribution in [0.25, 0.3) is 0 Å². The Labute approximate surface area is 79.5 Å². The average Bonchev–Trinajstić information content (AvgIpc) is 2.71. The summed E-state index contributed by atoms with van der Waals surface area (Å²) in [5.74, 6) is 0.750. The van der Waals surface area contributed by atoms with Crippen LogP contribution in [-0.4, -0.2) is 30.1 Å². The molecule has 1 unspecified atom stereocenters. The fourth-order valence-corrected chi connectivity index (χ4v) is 2.52. The molecular formula is C10H18N2O. The molecule has 1 aliphatic carbocycles. The van der Waals surface area contributed by atoms with Crippen LogP contribution < -0.4 is 5.32 Å². The predicted molar refractivity (Wildman–Crippen MR) is 51.5 cm³/mol. The SMILES string of the molecule is CCN1CC(C2CCCC2)NC1=O. The van der Waals surface area contributed by atoms with Crippen molar-refractivity contribution in [1.82, 2.24) is 10.2 Å². The van der Waals surface area contributed by atoms with Gasteiger partial charge in [0.25, 0.3) is 0 Å². The van der Waals surface area contributed by atoms with Gasteiger partial charge in [0, 0.05) is 13.1 Å². The quantitative estimate of drug-likeness (QED) is 0.691. The number of rotatable bonds is 2. The lowest BCUT2D eigenvalue weighted by Gasteiger charge is -2.17. The predicted octanol–water partition coefficient (Wildman–Crippen LogP) is 1.59. The van der Waals surface area contributed by atoms with E-state index in [4.69, 9.17) is 0 Å². The number of likely N-dealkylation sites (N-methyl/N-ethyl adjacent to an activating group) is 1. The Bertz CT molecular complexity index is 199. The van der Waals surface area contributed by atoms with E-state index in [2.05, 4.69) is 5.32 Å². The van der Waals surface area contributed by atoms with Gasteiger partial charge in [-0.05, 0) is 25.7 Å².